The van der Waals surface area contributed by atoms with Crippen LogP contribution in [0.15, 0.2) is 53.5 Å². The third-order valence-corrected chi connectivity index (χ3v) is 6.10. The molecule has 4 rings (SSSR count). The summed E-state index contributed by atoms with van der Waals surface area (Å²) in [5, 5.41) is 12.0. The summed E-state index contributed by atoms with van der Waals surface area (Å²) in [7, 11) is 3.67. The number of anilines is 1. The first-order valence-corrected chi connectivity index (χ1v) is 11.4. The molecule has 182 valence electrons. The third-order valence-electron chi connectivity index (χ3n) is 6.10. The summed E-state index contributed by atoms with van der Waals surface area (Å²) in [4.78, 5) is 9.72. The Kier molecular flexibility index (Phi) is 9.14. The molecular weight excluding hydrogens is 541 g/mol. The lowest BCUT2D eigenvalue weighted by molar-refractivity contribution is 0.370. The van der Waals surface area contributed by atoms with Crippen molar-refractivity contribution in [1.29, 1.82) is 0 Å². The highest BCUT2D eigenvalue weighted by molar-refractivity contribution is 14.0. The van der Waals surface area contributed by atoms with Gasteiger partial charge in [0.1, 0.15) is 11.6 Å². The van der Waals surface area contributed by atoms with Crippen LogP contribution >= 0.6 is 24.0 Å². The topological polar surface area (TPSA) is 70.8 Å². The van der Waals surface area contributed by atoms with Gasteiger partial charge in [0.15, 0.2) is 11.8 Å². The lowest BCUT2D eigenvalue weighted by Gasteiger charge is -2.38. The second kappa shape index (κ2) is 12.0. The molecule has 0 atom stereocenters. The van der Waals surface area contributed by atoms with Gasteiger partial charge in [0, 0.05) is 38.9 Å². The molecule has 0 radical (unpaired) electrons. The van der Waals surface area contributed by atoms with Gasteiger partial charge in [-0.15, -0.1) is 34.2 Å². The predicted octanol–water partition coefficient (Wildman–Crippen LogP) is 3.53. The average Bonchev–Trinajstić information content (AvgIpc) is 3.17. The minimum absolute atomic E-state index is 0. The van der Waals surface area contributed by atoms with E-state index in [1.807, 2.05) is 30.7 Å². The van der Waals surface area contributed by atoms with Gasteiger partial charge >= 0.3 is 0 Å². The van der Waals surface area contributed by atoms with E-state index in [1.54, 1.807) is 7.11 Å². The normalized spacial score (nSPS) is 14.1. The first kappa shape index (κ1) is 25.8. The highest BCUT2D eigenvalue weighted by atomic mass is 127. The zero-order valence-corrected chi connectivity index (χ0v) is 22.7. The van der Waals surface area contributed by atoms with Crippen molar-refractivity contribution < 1.29 is 4.74 Å². The number of hydrogen-bond donors (Lipinski definition) is 1. The lowest BCUT2D eigenvalue weighted by Crippen LogP contribution is -2.52. The number of piperazine rings is 1. The number of nitrogens with zero attached hydrogens (tertiary/aromatic N) is 6. The molecule has 8 nitrogen and oxygen atoms in total. The Bertz CT molecular complexity index is 1090. The maximum Gasteiger partial charge on any atom is 0.194 e. The number of halogens is 1. The Morgan fingerprint density at radius 3 is 2.38 bits per heavy atom. The Labute approximate surface area is 219 Å². The molecule has 1 aliphatic rings. The van der Waals surface area contributed by atoms with Crippen LogP contribution < -0.4 is 15.0 Å². The lowest BCUT2D eigenvalue weighted by atomic mass is 10.2. The van der Waals surface area contributed by atoms with Crippen molar-refractivity contribution in [2.45, 2.75) is 26.9 Å². The van der Waals surface area contributed by atoms with Crippen LogP contribution in [-0.4, -0.2) is 58.9 Å². The molecule has 1 aliphatic heterocycles. The molecule has 1 fully saturated rings. The van der Waals surface area contributed by atoms with Crippen LogP contribution in [0, 0.1) is 13.8 Å². The van der Waals surface area contributed by atoms with E-state index in [4.69, 9.17) is 9.73 Å². The molecule has 0 saturated carbocycles. The maximum absolute atomic E-state index is 5.27. The van der Waals surface area contributed by atoms with Crippen LogP contribution in [0.2, 0.25) is 0 Å². The standard InChI is InChI=1S/C25H33N7O.HI/c1-19-6-5-7-22(16-19)31-12-14-32(15-13-31)25(27-18-24-29-28-20(2)30(24)3)26-17-21-8-10-23(33-4)11-9-21;/h5-11,16H,12-15,17-18H2,1-4H3,(H,26,27);1H. The van der Waals surface area contributed by atoms with Crippen LogP contribution in [0.25, 0.3) is 0 Å². The van der Waals surface area contributed by atoms with Gasteiger partial charge in [0.05, 0.1) is 20.2 Å². The van der Waals surface area contributed by atoms with Crippen molar-refractivity contribution in [1.82, 2.24) is 25.0 Å². The summed E-state index contributed by atoms with van der Waals surface area (Å²) in [6, 6.07) is 16.8. The first-order chi connectivity index (χ1) is 16.0. The number of benzene rings is 2. The highest BCUT2D eigenvalue weighted by Crippen LogP contribution is 2.18. The molecule has 0 aliphatic carbocycles. The van der Waals surface area contributed by atoms with Gasteiger partial charge in [0.2, 0.25) is 0 Å². The molecule has 1 N–H and O–H groups in total. The van der Waals surface area contributed by atoms with Crippen molar-refractivity contribution in [3.63, 3.8) is 0 Å². The van der Waals surface area contributed by atoms with Crippen LogP contribution in [0.1, 0.15) is 22.8 Å². The summed E-state index contributed by atoms with van der Waals surface area (Å²) in [5.41, 5.74) is 3.72. The second-order valence-corrected chi connectivity index (χ2v) is 8.38. The number of guanidine groups is 1. The van der Waals surface area contributed by atoms with Gasteiger partial charge in [-0.25, -0.2) is 4.99 Å². The number of nitrogens with one attached hydrogen (secondary N) is 1. The average molecular weight is 575 g/mol. The maximum atomic E-state index is 5.27. The highest BCUT2D eigenvalue weighted by Gasteiger charge is 2.20. The number of aromatic nitrogens is 3. The van der Waals surface area contributed by atoms with Crippen LogP contribution in [0.5, 0.6) is 5.75 Å². The van der Waals surface area contributed by atoms with E-state index in [-0.39, 0.29) is 24.0 Å². The number of aryl methyl sites for hydroxylation is 2. The van der Waals surface area contributed by atoms with E-state index in [0.717, 1.165) is 55.1 Å². The Morgan fingerprint density at radius 1 is 1.03 bits per heavy atom. The SMILES string of the molecule is COc1ccc(CN=C(NCc2nnc(C)n2C)N2CCN(c3cccc(C)c3)CC2)cc1.I. The molecule has 3 aromatic rings. The summed E-state index contributed by atoms with van der Waals surface area (Å²) >= 11 is 0. The minimum atomic E-state index is 0. The van der Waals surface area contributed by atoms with Crippen LogP contribution in [0.4, 0.5) is 5.69 Å². The van der Waals surface area contributed by atoms with Crippen molar-refractivity contribution in [2.24, 2.45) is 12.0 Å². The van der Waals surface area contributed by atoms with Gasteiger partial charge < -0.3 is 24.4 Å². The Morgan fingerprint density at radius 2 is 1.76 bits per heavy atom. The van der Waals surface area contributed by atoms with E-state index in [0.29, 0.717) is 13.1 Å². The van der Waals surface area contributed by atoms with E-state index >= 15 is 0 Å². The molecule has 9 heteroatoms. The first-order valence-electron chi connectivity index (χ1n) is 11.4. The van der Waals surface area contributed by atoms with E-state index in [1.165, 1.54) is 11.3 Å². The number of ether oxygens (including phenoxy) is 1. The predicted molar refractivity (Wildman–Crippen MR) is 147 cm³/mol. The largest absolute Gasteiger partial charge is 0.497 e. The van der Waals surface area contributed by atoms with Gasteiger partial charge in [-0.1, -0.05) is 24.3 Å². The summed E-state index contributed by atoms with van der Waals surface area (Å²) in [5.74, 6) is 3.54. The number of rotatable bonds is 6. The Hall–Kier alpha value is -2.82. The van der Waals surface area contributed by atoms with Crippen molar-refractivity contribution in [3.05, 3.63) is 71.3 Å². The molecule has 1 aromatic heterocycles. The molecule has 2 heterocycles. The van der Waals surface area contributed by atoms with Gasteiger partial charge in [-0.05, 0) is 49.2 Å². The van der Waals surface area contributed by atoms with Crippen molar-refractivity contribution in [2.75, 3.05) is 38.2 Å². The molecule has 0 amide bonds. The van der Waals surface area contributed by atoms with Crippen molar-refractivity contribution in [3.8, 4) is 5.75 Å². The minimum Gasteiger partial charge on any atom is -0.497 e. The summed E-state index contributed by atoms with van der Waals surface area (Å²) in [6.45, 7) is 8.99. The molecule has 34 heavy (non-hydrogen) atoms. The smallest absolute Gasteiger partial charge is 0.194 e. The fourth-order valence-electron chi connectivity index (χ4n) is 3.93. The number of aliphatic imine (C=N–C) groups is 1. The van der Waals surface area contributed by atoms with E-state index < -0.39 is 0 Å². The number of hydrogen-bond acceptors (Lipinski definition) is 5. The quantitative estimate of drug-likeness (QED) is 0.276. The second-order valence-electron chi connectivity index (χ2n) is 8.38. The summed E-state index contributed by atoms with van der Waals surface area (Å²) < 4.78 is 7.27. The number of methoxy groups -OCH3 is 1. The molecule has 2 aromatic carbocycles. The van der Waals surface area contributed by atoms with Crippen LogP contribution in [0.3, 0.4) is 0 Å². The molecule has 0 bridgehead atoms. The molecule has 0 unspecified atom stereocenters. The molecule has 1 saturated heterocycles. The van der Waals surface area contributed by atoms with Gasteiger partial charge in [-0.2, -0.15) is 0 Å². The fraction of sp³-hybridized carbons (Fsp3) is 0.400. The monoisotopic (exact) mass is 575 g/mol. The molecular formula is C25H34IN7O. The van der Waals surface area contributed by atoms with E-state index in [9.17, 15) is 0 Å². The Balaban J connectivity index is 0.00000324. The van der Waals surface area contributed by atoms with Crippen molar-refractivity contribution >= 4 is 35.6 Å². The fourth-order valence-corrected chi connectivity index (χ4v) is 3.93. The zero-order valence-electron chi connectivity index (χ0n) is 20.4. The zero-order chi connectivity index (χ0) is 23.2. The molecule has 0 spiro atoms. The van der Waals surface area contributed by atoms with E-state index in [2.05, 4.69) is 68.6 Å². The van der Waals surface area contributed by atoms with Gasteiger partial charge in [-0.3, -0.25) is 0 Å². The summed E-state index contributed by atoms with van der Waals surface area (Å²) in [6.07, 6.45) is 0. The van der Waals surface area contributed by atoms with Crippen LogP contribution in [-0.2, 0) is 20.1 Å². The third kappa shape index (κ3) is 6.40. The van der Waals surface area contributed by atoms with Gasteiger partial charge in [0.25, 0.3) is 0 Å².